The van der Waals surface area contributed by atoms with E-state index >= 15 is 0 Å². The first kappa shape index (κ1) is 17.0. The molecule has 1 aliphatic heterocycles. The highest BCUT2D eigenvalue weighted by atomic mass is 35.5. The van der Waals surface area contributed by atoms with Crippen molar-refractivity contribution in [1.82, 2.24) is 10.6 Å². The van der Waals surface area contributed by atoms with E-state index < -0.39 is 0 Å². The minimum absolute atomic E-state index is 0. The number of carbonyl (C=O) groups is 1. The van der Waals surface area contributed by atoms with Gasteiger partial charge in [0.05, 0.1) is 12.6 Å². The minimum Gasteiger partial charge on any atom is -0.377 e. The van der Waals surface area contributed by atoms with E-state index in [-0.39, 0.29) is 24.4 Å². The van der Waals surface area contributed by atoms with E-state index in [9.17, 15) is 4.79 Å². The molecule has 2 N–H and O–H groups in total. The molecule has 5 heteroatoms. The lowest BCUT2D eigenvalue weighted by molar-refractivity contribution is -0.122. The zero-order valence-corrected chi connectivity index (χ0v) is 12.7. The van der Waals surface area contributed by atoms with Crippen LogP contribution in [0.1, 0.15) is 30.9 Å². The lowest BCUT2D eigenvalue weighted by Crippen LogP contribution is -2.39. The van der Waals surface area contributed by atoms with Crippen LogP contribution in [0, 0.1) is 0 Å². The summed E-state index contributed by atoms with van der Waals surface area (Å²) in [5.41, 5.74) is 2.28. The highest BCUT2D eigenvalue weighted by Crippen LogP contribution is 2.07. The predicted molar refractivity (Wildman–Crippen MR) is 81.9 cm³/mol. The second-order valence-corrected chi connectivity index (χ2v) is 4.82. The number of rotatable bonds is 6. The number of nitrogens with one attached hydrogen (secondary N) is 2. The summed E-state index contributed by atoms with van der Waals surface area (Å²) in [7, 11) is 0. The number of benzene rings is 1. The maximum atomic E-state index is 11.8. The number of hydrogen-bond acceptors (Lipinski definition) is 3. The fraction of sp³-hybridized carbons (Fsp3) is 0.533. The van der Waals surface area contributed by atoms with Crippen molar-refractivity contribution >= 4 is 18.3 Å². The van der Waals surface area contributed by atoms with E-state index in [1.165, 1.54) is 0 Å². The predicted octanol–water partition coefficient (Wildman–Crippen LogP) is 2.01. The smallest absolute Gasteiger partial charge is 0.237 e. The van der Waals surface area contributed by atoms with Crippen molar-refractivity contribution in [1.29, 1.82) is 0 Å². The van der Waals surface area contributed by atoms with Crippen LogP contribution < -0.4 is 10.6 Å². The number of amides is 1. The Labute approximate surface area is 126 Å². The summed E-state index contributed by atoms with van der Waals surface area (Å²) in [6.07, 6.45) is 2.03. The van der Waals surface area contributed by atoms with Crippen LogP contribution in [0.25, 0.3) is 0 Å². The van der Waals surface area contributed by atoms with Gasteiger partial charge in [0.1, 0.15) is 0 Å². The van der Waals surface area contributed by atoms with E-state index in [1.54, 1.807) is 0 Å². The molecule has 0 bridgehead atoms. The maximum absolute atomic E-state index is 11.8. The highest BCUT2D eigenvalue weighted by molar-refractivity contribution is 5.85. The zero-order valence-electron chi connectivity index (χ0n) is 11.9. The molecule has 1 atom stereocenters. The van der Waals surface area contributed by atoms with Crippen molar-refractivity contribution in [2.45, 2.75) is 39.0 Å². The lowest BCUT2D eigenvalue weighted by Gasteiger charge is -2.11. The van der Waals surface area contributed by atoms with Crippen LogP contribution in [-0.2, 0) is 22.7 Å². The molecule has 2 rings (SSSR count). The summed E-state index contributed by atoms with van der Waals surface area (Å²) < 4.78 is 5.35. The number of ether oxygens (including phenoxy) is 1. The molecule has 1 aromatic carbocycles. The summed E-state index contributed by atoms with van der Waals surface area (Å²) in [6, 6.07) is 8.17. The van der Waals surface area contributed by atoms with Crippen molar-refractivity contribution in [3.63, 3.8) is 0 Å². The fourth-order valence-electron chi connectivity index (χ4n) is 2.19. The Morgan fingerprint density at radius 3 is 2.65 bits per heavy atom. The van der Waals surface area contributed by atoms with Gasteiger partial charge in [0.15, 0.2) is 0 Å². The molecule has 112 valence electrons. The summed E-state index contributed by atoms with van der Waals surface area (Å²) in [4.78, 5) is 11.8. The Morgan fingerprint density at radius 1 is 1.35 bits per heavy atom. The molecule has 1 saturated heterocycles. The molecule has 0 saturated carbocycles. The molecule has 0 radical (unpaired) electrons. The van der Waals surface area contributed by atoms with Crippen LogP contribution in [0.15, 0.2) is 24.3 Å². The second-order valence-electron chi connectivity index (χ2n) is 4.82. The molecule has 0 aromatic heterocycles. The monoisotopic (exact) mass is 298 g/mol. The summed E-state index contributed by atoms with van der Waals surface area (Å²) in [6.45, 7) is 4.90. The van der Waals surface area contributed by atoms with Crippen LogP contribution in [-0.4, -0.2) is 25.1 Å². The number of carbonyl (C=O) groups excluding carboxylic acids is 1. The first-order valence-electron chi connectivity index (χ1n) is 6.96. The zero-order chi connectivity index (χ0) is 13.5. The van der Waals surface area contributed by atoms with E-state index in [4.69, 9.17) is 4.74 Å². The van der Waals surface area contributed by atoms with Gasteiger partial charge >= 0.3 is 0 Å². The Bertz CT molecular complexity index is 403. The molecule has 1 amide bonds. The summed E-state index contributed by atoms with van der Waals surface area (Å²) in [5.74, 6) is 0.107. The van der Waals surface area contributed by atoms with Crippen LogP contribution >= 0.6 is 12.4 Å². The molecule has 1 aromatic rings. The quantitative estimate of drug-likeness (QED) is 0.845. The van der Waals surface area contributed by atoms with Crippen LogP contribution in [0.2, 0.25) is 0 Å². The molecule has 1 aliphatic rings. The van der Waals surface area contributed by atoms with Gasteiger partial charge in [-0.3, -0.25) is 4.79 Å². The Morgan fingerprint density at radius 2 is 2.05 bits per heavy atom. The van der Waals surface area contributed by atoms with Crippen molar-refractivity contribution in [3.8, 4) is 0 Å². The third-order valence-corrected chi connectivity index (χ3v) is 3.34. The van der Waals surface area contributed by atoms with Gasteiger partial charge in [-0.1, -0.05) is 24.3 Å². The SMILES string of the molecule is CCOCc1ccc(CNC(=O)C2CCCN2)cc1.Cl. The Kier molecular flexibility index (Phi) is 7.59. The van der Waals surface area contributed by atoms with Gasteiger partial charge in [-0.15, -0.1) is 12.4 Å². The molecule has 1 heterocycles. The molecule has 1 unspecified atom stereocenters. The average molecular weight is 299 g/mol. The normalized spacial score (nSPS) is 17.6. The van der Waals surface area contributed by atoms with Gasteiger partial charge < -0.3 is 15.4 Å². The summed E-state index contributed by atoms with van der Waals surface area (Å²) in [5, 5.41) is 6.17. The van der Waals surface area contributed by atoms with Crippen molar-refractivity contribution < 1.29 is 9.53 Å². The van der Waals surface area contributed by atoms with Crippen LogP contribution in [0.3, 0.4) is 0 Å². The molecule has 0 spiro atoms. The topological polar surface area (TPSA) is 50.4 Å². The van der Waals surface area contributed by atoms with E-state index in [0.29, 0.717) is 13.2 Å². The van der Waals surface area contributed by atoms with Crippen molar-refractivity contribution in [2.75, 3.05) is 13.2 Å². The minimum atomic E-state index is -0.00257. The largest absolute Gasteiger partial charge is 0.377 e. The summed E-state index contributed by atoms with van der Waals surface area (Å²) >= 11 is 0. The van der Waals surface area contributed by atoms with Gasteiger partial charge in [-0.05, 0) is 37.4 Å². The highest BCUT2D eigenvalue weighted by Gasteiger charge is 2.21. The first-order valence-corrected chi connectivity index (χ1v) is 6.96. The van der Waals surface area contributed by atoms with Gasteiger partial charge in [0.25, 0.3) is 0 Å². The number of hydrogen-bond donors (Lipinski definition) is 2. The van der Waals surface area contributed by atoms with Gasteiger partial charge in [-0.25, -0.2) is 0 Å². The second kappa shape index (κ2) is 8.95. The first-order chi connectivity index (χ1) is 9.29. The Hall–Kier alpha value is -1.10. The van der Waals surface area contributed by atoms with Gasteiger partial charge in [0, 0.05) is 13.2 Å². The van der Waals surface area contributed by atoms with E-state index in [0.717, 1.165) is 37.1 Å². The lowest BCUT2D eigenvalue weighted by atomic mass is 10.1. The third-order valence-electron chi connectivity index (χ3n) is 3.34. The fourth-order valence-corrected chi connectivity index (χ4v) is 2.19. The maximum Gasteiger partial charge on any atom is 0.237 e. The van der Waals surface area contributed by atoms with E-state index in [1.807, 2.05) is 31.2 Å². The van der Waals surface area contributed by atoms with Crippen LogP contribution in [0.4, 0.5) is 0 Å². The Balaban J connectivity index is 0.00000200. The van der Waals surface area contributed by atoms with Gasteiger partial charge in [-0.2, -0.15) is 0 Å². The van der Waals surface area contributed by atoms with Crippen LogP contribution in [0.5, 0.6) is 0 Å². The van der Waals surface area contributed by atoms with Crippen molar-refractivity contribution in [2.24, 2.45) is 0 Å². The molecule has 4 nitrogen and oxygen atoms in total. The molecular weight excluding hydrogens is 276 g/mol. The standard InChI is InChI=1S/C15H22N2O2.ClH/c1-2-19-11-13-7-5-12(6-8-13)10-17-15(18)14-4-3-9-16-14;/h5-8,14,16H,2-4,9-11H2,1H3,(H,17,18);1H. The average Bonchev–Trinajstić information content (AvgIpc) is 2.98. The number of halogens is 1. The molecule has 1 fully saturated rings. The molecule has 0 aliphatic carbocycles. The van der Waals surface area contributed by atoms with Crippen molar-refractivity contribution in [3.05, 3.63) is 35.4 Å². The molecular formula is C15H23ClN2O2. The van der Waals surface area contributed by atoms with Gasteiger partial charge in [0.2, 0.25) is 5.91 Å². The third kappa shape index (κ3) is 5.12. The van der Waals surface area contributed by atoms with E-state index in [2.05, 4.69) is 10.6 Å². The molecule has 20 heavy (non-hydrogen) atoms.